The van der Waals surface area contributed by atoms with Crippen molar-refractivity contribution < 1.29 is 44.6 Å². The average molecular weight is 278 g/mol. The van der Waals surface area contributed by atoms with Crippen molar-refractivity contribution in [1.82, 2.24) is 0 Å². The molecule has 0 radical (unpaired) electrons. The van der Waals surface area contributed by atoms with Crippen molar-refractivity contribution in [3.63, 3.8) is 0 Å². The number of carbonyl (C=O) groups is 1. The largest absolute Gasteiger partial charge is 1.00 e. The molecule has 0 fully saturated rings. The van der Waals surface area contributed by atoms with Crippen LogP contribution in [0.3, 0.4) is 0 Å². The van der Waals surface area contributed by atoms with Gasteiger partial charge in [0.25, 0.3) is 0 Å². The molecule has 0 aromatic heterocycles. The molecule has 1 unspecified atom stereocenters. The molecule has 1 N–H and O–H groups in total. The van der Waals surface area contributed by atoms with Crippen molar-refractivity contribution in [3.05, 3.63) is 47.0 Å². The van der Waals surface area contributed by atoms with Crippen LogP contribution < -0.4 is 34.7 Å². The first-order valence-corrected chi connectivity index (χ1v) is 6.57. The van der Waals surface area contributed by atoms with Gasteiger partial charge in [0.15, 0.2) is 0 Å². The predicted molar refractivity (Wildman–Crippen MR) is 70.6 cm³/mol. The van der Waals surface area contributed by atoms with Crippen LogP contribution in [-0.2, 0) is 17.6 Å². The number of carboxylic acids is 1. The SMILES string of the molecule is O=C([O-])CCC(O)c1cc2c3c(cccc3c1)CC2.[Na+]. The summed E-state index contributed by atoms with van der Waals surface area (Å²) in [6.07, 6.45) is 1.40. The number of aliphatic hydroxyl groups is 1. The molecule has 98 valence electrons. The molecule has 20 heavy (non-hydrogen) atoms. The molecule has 4 heteroatoms. The summed E-state index contributed by atoms with van der Waals surface area (Å²) < 4.78 is 0. The van der Waals surface area contributed by atoms with E-state index in [2.05, 4.69) is 6.07 Å². The average Bonchev–Trinajstić information content (AvgIpc) is 2.81. The van der Waals surface area contributed by atoms with E-state index >= 15 is 0 Å². The van der Waals surface area contributed by atoms with Gasteiger partial charge in [0, 0.05) is 5.97 Å². The monoisotopic (exact) mass is 278 g/mol. The second kappa shape index (κ2) is 6.27. The molecule has 0 aliphatic heterocycles. The third-order valence-corrected chi connectivity index (χ3v) is 3.84. The first kappa shape index (κ1) is 15.5. The Balaban J connectivity index is 0.00000147. The van der Waals surface area contributed by atoms with Gasteiger partial charge in [0.2, 0.25) is 0 Å². The number of carbonyl (C=O) groups excluding carboxylic acids is 1. The summed E-state index contributed by atoms with van der Waals surface area (Å²) in [5, 5.41) is 23.0. The number of hydrogen-bond acceptors (Lipinski definition) is 3. The van der Waals surface area contributed by atoms with Crippen LogP contribution in [0.4, 0.5) is 0 Å². The third kappa shape index (κ3) is 2.91. The number of benzene rings is 2. The van der Waals surface area contributed by atoms with E-state index < -0.39 is 12.1 Å². The van der Waals surface area contributed by atoms with Gasteiger partial charge < -0.3 is 15.0 Å². The molecule has 2 aromatic rings. The molecule has 0 saturated heterocycles. The van der Waals surface area contributed by atoms with E-state index in [0.29, 0.717) is 0 Å². The fraction of sp³-hybridized carbons (Fsp3) is 0.312. The maximum Gasteiger partial charge on any atom is 1.00 e. The van der Waals surface area contributed by atoms with Crippen molar-refractivity contribution in [2.24, 2.45) is 0 Å². The molecular formula is C16H15NaO3. The molecule has 1 aliphatic carbocycles. The van der Waals surface area contributed by atoms with Gasteiger partial charge in [0.05, 0.1) is 6.10 Å². The van der Waals surface area contributed by atoms with Crippen molar-refractivity contribution in [3.8, 4) is 0 Å². The van der Waals surface area contributed by atoms with Gasteiger partial charge in [-0.1, -0.05) is 24.3 Å². The van der Waals surface area contributed by atoms with Crippen LogP contribution in [0, 0.1) is 0 Å². The van der Waals surface area contributed by atoms with E-state index in [1.807, 2.05) is 24.3 Å². The molecule has 3 nitrogen and oxygen atoms in total. The molecule has 2 aromatic carbocycles. The van der Waals surface area contributed by atoms with E-state index in [9.17, 15) is 15.0 Å². The number of rotatable bonds is 4. The fourth-order valence-corrected chi connectivity index (χ4v) is 2.91. The van der Waals surface area contributed by atoms with Gasteiger partial charge in [-0.05, 0) is 59.2 Å². The summed E-state index contributed by atoms with van der Waals surface area (Å²) in [5.41, 5.74) is 3.43. The van der Waals surface area contributed by atoms with Gasteiger partial charge in [-0.3, -0.25) is 0 Å². The van der Waals surface area contributed by atoms with Gasteiger partial charge in [-0.25, -0.2) is 0 Å². The second-order valence-electron chi connectivity index (χ2n) is 5.12. The molecule has 3 rings (SSSR count). The maximum atomic E-state index is 10.5. The van der Waals surface area contributed by atoms with Gasteiger partial charge >= 0.3 is 29.6 Å². The van der Waals surface area contributed by atoms with Crippen LogP contribution in [0.2, 0.25) is 0 Å². The van der Waals surface area contributed by atoms with Crippen LogP contribution in [0.15, 0.2) is 30.3 Å². The summed E-state index contributed by atoms with van der Waals surface area (Å²) in [7, 11) is 0. The van der Waals surface area contributed by atoms with Crippen LogP contribution in [0.5, 0.6) is 0 Å². The molecule has 0 amide bonds. The Morgan fingerprint density at radius 3 is 2.75 bits per heavy atom. The summed E-state index contributed by atoms with van der Waals surface area (Å²) >= 11 is 0. The number of hydrogen-bond donors (Lipinski definition) is 1. The Kier molecular flexibility index (Phi) is 4.86. The molecule has 0 heterocycles. The quantitative estimate of drug-likeness (QED) is 0.693. The maximum absolute atomic E-state index is 10.5. The molecule has 1 atom stereocenters. The summed E-state index contributed by atoms with van der Waals surface area (Å²) in [5.74, 6) is -1.12. The van der Waals surface area contributed by atoms with Crippen LogP contribution in [-0.4, -0.2) is 11.1 Å². The Morgan fingerprint density at radius 1 is 1.25 bits per heavy atom. The zero-order valence-electron chi connectivity index (χ0n) is 11.6. The van der Waals surface area contributed by atoms with E-state index in [4.69, 9.17) is 0 Å². The molecule has 0 bridgehead atoms. The van der Waals surface area contributed by atoms with E-state index in [-0.39, 0.29) is 42.4 Å². The second-order valence-corrected chi connectivity index (χ2v) is 5.12. The Labute approximate surface area is 139 Å². The number of carboxylic acid groups (broad SMARTS) is 1. The van der Waals surface area contributed by atoms with Crippen molar-refractivity contribution in [2.75, 3.05) is 0 Å². The first-order chi connectivity index (χ1) is 9.15. The van der Waals surface area contributed by atoms with Crippen LogP contribution in [0.1, 0.15) is 35.6 Å². The Bertz CT molecular complexity index is 651. The van der Waals surface area contributed by atoms with Crippen molar-refractivity contribution in [2.45, 2.75) is 31.8 Å². The number of aryl methyl sites for hydroxylation is 2. The normalized spacial score (nSPS) is 14.1. The summed E-state index contributed by atoms with van der Waals surface area (Å²) in [6.45, 7) is 0. The van der Waals surface area contributed by atoms with Crippen LogP contribution in [0.25, 0.3) is 10.8 Å². The predicted octanol–water partition coefficient (Wildman–Crippen LogP) is -1.49. The third-order valence-electron chi connectivity index (χ3n) is 3.84. The zero-order valence-corrected chi connectivity index (χ0v) is 13.6. The van der Waals surface area contributed by atoms with E-state index in [0.717, 1.165) is 23.8 Å². The molecule has 0 spiro atoms. The summed E-state index contributed by atoms with van der Waals surface area (Å²) in [4.78, 5) is 10.5. The van der Waals surface area contributed by atoms with Crippen LogP contribution >= 0.6 is 0 Å². The minimum absolute atomic E-state index is 0. The van der Waals surface area contributed by atoms with Gasteiger partial charge in [-0.2, -0.15) is 0 Å². The minimum Gasteiger partial charge on any atom is -0.550 e. The zero-order chi connectivity index (χ0) is 13.4. The van der Waals surface area contributed by atoms with Gasteiger partial charge in [0.1, 0.15) is 0 Å². The van der Waals surface area contributed by atoms with Gasteiger partial charge in [-0.15, -0.1) is 0 Å². The standard InChI is InChI=1S/C16H16O3.Na/c17-14(6-7-15(18)19)13-8-11-3-1-2-10-4-5-12(9-13)16(10)11;/h1-3,8-9,14,17H,4-7H2,(H,18,19);/q;+1/p-1. The van der Waals surface area contributed by atoms with Crippen molar-refractivity contribution >= 4 is 16.7 Å². The first-order valence-electron chi connectivity index (χ1n) is 6.57. The Hall–Kier alpha value is -0.870. The topological polar surface area (TPSA) is 60.4 Å². The molecule has 0 saturated carbocycles. The number of aliphatic carboxylic acids is 1. The van der Waals surface area contributed by atoms with Crippen molar-refractivity contribution in [1.29, 1.82) is 0 Å². The van der Waals surface area contributed by atoms with E-state index in [1.165, 1.54) is 16.5 Å². The molecular weight excluding hydrogens is 263 g/mol. The molecule has 1 aliphatic rings. The fourth-order valence-electron chi connectivity index (χ4n) is 2.91. The smallest absolute Gasteiger partial charge is 0.550 e. The number of aliphatic hydroxyl groups excluding tert-OH is 1. The Morgan fingerprint density at radius 2 is 2.00 bits per heavy atom. The summed E-state index contributed by atoms with van der Waals surface area (Å²) in [6, 6.07) is 10.2. The van der Waals surface area contributed by atoms with E-state index in [1.54, 1.807) is 0 Å². The minimum atomic E-state index is -1.12.